The molecule has 120 valence electrons. The maximum absolute atomic E-state index is 12.1. The summed E-state index contributed by atoms with van der Waals surface area (Å²) in [5.41, 5.74) is 5.52. The Morgan fingerprint density at radius 1 is 1.43 bits per heavy atom. The maximum Gasteiger partial charge on any atom is 0.268 e. The zero-order chi connectivity index (χ0) is 16.0. The number of hydrogen-bond donors (Lipinski definition) is 2. The summed E-state index contributed by atoms with van der Waals surface area (Å²) in [7, 11) is 3.51. The number of rotatable bonds is 4. The van der Waals surface area contributed by atoms with E-state index in [1.807, 2.05) is 7.05 Å². The molecule has 0 aromatic heterocycles. The first-order valence-corrected chi connectivity index (χ1v) is 7.18. The summed E-state index contributed by atoms with van der Waals surface area (Å²) in [6, 6.07) is 0.0483. The molecule has 4 N–H and O–H groups in total. The Labute approximate surface area is 125 Å². The predicted octanol–water partition coefficient (Wildman–Crippen LogP) is -1.03. The highest BCUT2D eigenvalue weighted by atomic mass is 16.2. The van der Waals surface area contributed by atoms with Crippen molar-refractivity contribution in [1.82, 2.24) is 14.8 Å². The molecule has 8 nitrogen and oxygen atoms in total. The van der Waals surface area contributed by atoms with E-state index in [2.05, 4.69) is 9.89 Å². The summed E-state index contributed by atoms with van der Waals surface area (Å²) in [5, 5.41) is 1.07. The Morgan fingerprint density at radius 3 is 2.62 bits per heavy atom. The molecule has 0 aromatic carbocycles. The Morgan fingerprint density at radius 2 is 2.10 bits per heavy atom. The van der Waals surface area contributed by atoms with Crippen LogP contribution >= 0.6 is 0 Å². The summed E-state index contributed by atoms with van der Waals surface area (Å²) < 4.78 is 0. The van der Waals surface area contributed by atoms with Gasteiger partial charge >= 0.3 is 0 Å². The average molecular weight is 298 g/mol. The van der Waals surface area contributed by atoms with Crippen molar-refractivity contribution < 1.29 is 9.59 Å². The minimum Gasteiger partial charge on any atom is -0.368 e. The standard InChI is InChI=1S/C13H26N6O2/c1-4-12(21)19(10-6-5-7-17(2)8-10)9-11(20)16-13(14)18(3)15/h10H,4-9,15H2,1-3H3,(H2,14,16,20). The van der Waals surface area contributed by atoms with Crippen molar-refractivity contribution in [3.05, 3.63) is 0 Å². The number of guanidine groups is 1. The van der Waals surface area contributed by atoms with Crippen molar-refractivity contribution in [3.8, 4) is 0 Å². The topological polar surface area (TPSA) is 108 Å². The fourth-order valence-electron chi connectivity index (χ4n) is 2.41. The van der Waals surface area contributed by atoms with Gasteiger partial charge in [-0.05, 0) is 26.4 Å². The van der Waals surface area contributed by atoms with Crippen LogP contribution in [0.1, 0.15) is 26.2 Å². The van der Waals surface area contributed by atoms with E-state index in [1.54, 1.807) is 11.8 Å². The second kappa shape index (κ2) is 7.94. The third-order valence-electron chi connectivity index (χ3n) is 3.57. The van der Waals surface area contributed by atoms with Crippen LogP contribution in [-0.4, -0.2) is 72.4 Å². The van der Waals surface area contributed by atoms with Crippen molar-refractivity contribution in [3.63, 3.8) is 0 Å². The lowest BCUT2D eigenvalue weighted by Gasteiger charge is -2.37. The van der Waals surface area contributed by atoms with Gasteiger partial charge in [-0.3, -0.25) is 14.6 Å². The average Bonchev–Trinajstić information content (AvgIpc) is 2.43. The van der Waals surface area contributed by atoms with Gasteiger partial charge in [0.15, 0.2) is 0 Å². The first-order valence-electron chi connectivity index (χ1n) is 7.18. The summed E-state index contributed by atoms with van der Waals surface area (Å²) in [6.45, 7) is 3.52. The van der Waals surface area contributed by atoms with Crippen LogP contribution in [0, 0.1) is 0 Å². The molecule has 1 aliphatic heterocycles. The number of nitrogens with zero attached hydrogens (tertiary/aromatic N) is 4. The van der Waals surface area contributed by atoms with E-state index in [1.165, 1.54) is 7.05 Å². The van der Waals surface area contributed by atoms with Gasteiger partial charge in [-0.15, -0.1) is 0 Å². The largest absolute Gasteiger partial charge is 0.368 e. The number of piperidine rings is 1. The molecule has 2 amide bonds. The fourth-order valence-corrected chi connectivity index (χ4v) is 2.41. The molecular weight excluding hydrogens is 272 g/mol. The maximum atomic E-state index is 12.1. The minimum atomic E-state index is -0.458. The molecule has 21 heavy (non-hydrogen) atoms. The van der Waals surface area contributed by atoms with Crippen LogP contribution < -0.4 is 11.6 Å². The normalized spacial score (nSPS) is 20.2. The molecule has 0 bridgehead atoms. The van der Waals surface area contributed by atoms with Crippen molar-refractivity contribution in [2.45, 2.75) is 32.2 Å². The number of carbonyl (C=O) groups excluding carboxylic acids is 2. The van der Waals surface area contributed by atoms with Gasteiger partial charge in [-0.25, -0.2) is 5.84 Å². The monoisotopic (exact) mass is 298 g/mol. The smallest absolute Gasteiger partial charge is 0.268 e. The quantitative estimate of drug-likeness (QED) is 0.297. The summed E-state index contributed by atoms with van der Waals surface area (Å²) in [4.78, 5) is 31.5. The van der Waals surface area contributed by atoms with Gasteiger partial charge in [0.2, 0.25) is 11.9 Å². The number of amides is 2. The van der Waals surface area contributed by atoms with Crippen molar-refractivity contribution in [2.75, 3.05) is 33.7 Å². The second-order valence-electron chi connectivity index (χ2n) is 5.41. The van der Waals surface area contributed by atoms with E-state index in [0.717, 1.165) is 30.9 Å². The number of likely N-dealkylation sites (N-methyl/N-ethyl adjacent to an activating group) is 1. The van der Waals surface area contributed by atoms with Crippen LogP contribution in [0.2, 0.25) is 0 Å². The lowest BCUT2D eigenvalue weighted by Crippen LogP contribution is -2.51. The molecule has 1 saturated heterocycles. The van der Waals surface area contributed by atoms with E-state index in [9.17, 15) is 9.59 Å². The number of nitrogens with two attached hydrogens (primary N) is 2. The molecule has 0 saturated carbocycles. The predicted molar refractivity (Wildman–Crippen MR) is 81.1 cm³/mol. The van der Waals surface area contributed by atoms with E-state index in [-0.39, 0.29) is 24.5 Å². The Balaban J connectivity index is 2.77. The van der Waals surface area contributed by atoms with Gasteiger partial charge in [0.05, 0.1) is 0 Å². The highest BCUT2D eigenvalue weighted by molar-refractivity contribution is 5.94. The first kappa shape index (κ1) is 17.4. The SMILES string of the molecule is CCC(=O)N(CC(=O)N=C(N)N(C)N)C1CCCN(C)C1. The highest BCUT2D eigenvalue weighted by Crippen LogP contribution is 2.15. The molecule has 1 fully saturated rings. The van der Waals surface area contributed by atoms with Gasteiger partial charge in [-0.2, -0.15) is 4.99 Å². The number of hydrazine groups is 1. The molecule has 1 aliphatic rings. The van der Waals surface area contributed by atoms with Crippen LogP contribution in [0.25, 0.3) is 0 Å². The lowest BCUT2D eigenvalue weighted by molar-refractivity contribution is -0.138. The third-order valence-corrected chi connectivity index (χ3v) is 3.57. The highest BCUT2D eigenvalue weighted by Gasteiger charge is 2.28. The van der Waals surface area contributed by atoms with Crippen molar-refractivity contribution >= 4 is 17.8 Å². The molecule has 0 spiro atoms. The molecule has 0 aromatic rings. The Kier molecular flexibility index (Phi) is 6.57. The zero-order valence-electron chi connectivity index (χ0n) is 13.1. The molecular formula is C13H26N6O2. The second-order valence-corrected chi connectivity index (χ2v) is 5.41. The third kappa shape index (κ3) is 5.31. The zero-order valence-corrected chi connectivity index (χ0v) is 13.1. The molecule has 1 heterocycles. The summed E-state index contributed by atoms with van der Waals surface area (Å²) >= 11 is 0. The Bertz CT molecular complexity index is 409. The van der Waals surface area contributed by atoms with Crippen LogP contribution in [0.4, 0.5) is 0 Å². The number of likely N-dealkylation sites (tertiary alicyclic amines) is 1. The first-order chi connectivity index (χ1) is 9.85. The van der Waals surface area contributed by atoms with E-state index >= 15 is 0 Å². The van der Waals surface area contributed by atoms with Crippen LogP contribution in [0.3, 0.4) is 0 Å². The van der Waals surface area contributed by atoms with Crippen LogP contribution in [0.15, 0.2) is 4.99 Å². The van der Waals surface area contributed by atoms with Crippen molar-refractivity contribution in [1.29, 1.82) is 0 Å². The molecule has 0 aliphatic carbocycles. The number of hydrogen-bond acceptors (Lipinski definition) is 4. The van der Waals surface area contributed by atoms with E-state index < -0.39 is 5.91 Å². The molecule has 1 atom stereocenters. The summed E-state index contributed by atoms with van der Waals surface area (Å²) in [5.74, 6) is 4.83. The minimum absolute atomic E-state index is 0.0430. The number of aliphatic imine (C=N–C) groups is 1. The van der Waals surface area contributed by atoms with Gasteiger partial charge < -0.3 is 15.5 Å². The molecule has 0 radical (unpaired) electrons. The number of carbonyl (C=O) groups is 2. The molecule has 1 unspecified atom stereocenters. The van der Waals surface area contributed by atoms with E-state index in [0.29, 0.717) is 6.42 Å². The fraction of sp³-hybridized carbons (Fsp3) is 0.769. The van der Waals surface area contributed by atoms with Gasteiger partial charge in [0.1, 0.15) is 6.54 Å². The van der Waals surface area contributed by atoms with Crippen LogP contribution in [-0.2, 0) is 9.59 Å². The van der Waals surface area contributed by atoms with Crippen LogP contribution in [0.5, 0.6) is 0 Å². The van der Waals surface area contributed by atoms with E-state index in [4.69, 9.17) is 11.6 Å². The van der Waals surface area contributed by atoms with Gasteiger partial charge in [0, 0.05) is 26.1 Å². The molecule has 8 heteroatoms. The lowest BCUT2D eigenvalue weighted by atomic mass is 10.0. The Hall–Kier alpha value is -1.67. The summed E-state index contributed by atoms with van der Waals surface area (Å²) in [6.07, 6.45) is 2.28. The van der Waals surface area contributed by atoms with Gasteiger partial charge in [-0.1, -0.05) is 6.92 Å². The van der Waals surface area contributed by atoms with Crippen molar-refractivity contribution in [2.24, 2.45) is 16.6 Å². The van der Waals surface area contributed by atoms with Gasteiger partial charge in [0.25, 0.3) is 5.91 Å². The molecule has 1 rings (SSSR count).